The van der Waals surface area contributed by atoms with Gasteiger partial charge in [-0.3, -0.25) is 9.97 Å². The van der Waals surface area contributed by atoms with Gasteiger partial charge >= 0.3 is 0 Å². The van der Waals surface area contributed by atoms with Crippen molar-refractivity contribution < 1.29 is 0 Å². The molecule has 0 atom stereocenters. The monoisotopic (exact) mass is 880 g/mol. The van der Waals surface area contributed by atoms with Crippen molar-refractivity contribution >= 4 is 65.5 Å². The number of benzene rings is 8. The molecule has 0 radical (unpaired) electrons. The highest BCUT2D eigenvalue weighted by Gasteiger charge is 2.20. The quantitative estimate of drug-likeness (QED) is 0.160. The number of rotatable bonds is 7. The van der Waals surface area contributed by atoms with E-state index in [9.17, 15) is 0 Å². The SMILES string of the molecule is c1ccc(-c2cc(-n3c4ccccc4c4cc(-c5cncc(-c6ccc7c(c6)c6ccccc6n7-c6ccc7c(c6)c6ncccc6n7-c6ccccc6)c5)ccc43)cc(-c3ccccc3)n2)cc1. The number of para-hydroxylation sites is 3. The summed E-state index contributed by atoms with van der Waals surface area (Å²) in [6.07, 6.45) is 5.85. The molecule has 0 N–H and O–H groups in total. The van der Waals surface area contributed by atoms with Crippen LogP contribution in [0.15, 0.2) is 243 Å². The minimum Gasteiger partial charge on any atom is -0.309 e. The number of hydrogen-bond donors (Lipinski definition) is 0. The molecule has 6 heterocycles. The van der Waals surface area contributed by atoms with Crippen LogP contribution < -0.4 is 0 Å². The standard InChI is InChI=1S/C63H40N6/c1-4-15-41(16-5-1)55-37-49(38-56(66-55)42-17-6-2-7-18-42)69-58-24-13-11-22-51(58)53-35-44(27-30-60(53)69)46-33-45(39-64-40-46)43-26-29-59-52(34-43)50-21-10-12-23-57(50)68(59)48-28-31-61-54(36-48)63-62(25-14-32-65-63)67(61)47-19-8-3-9-20-47/h1-40H. The molecular weight excluding hydrogens is 841 g/mol. The molecule has 6 heteroatoms. The minimum atomic E-state index is 0.933. The first-order valence-corrected chi connectivity index (χ1v) is 23.3. The van der Waals surface area contributed by atoms with E-state index in [1.54, 1.807) is 0 Å². The van der Waals surface area contributed by atoms with Gasteiger partial charge in [0, 0.05) is 79.2 Å². The molecular formula is C63H40N6. The van der Waals surface area contributed by atoms with Gasteiger partial charge in [0.1, 0.15) is 0 Å². The summed E-state index contributed by atoms with van der Waals surface area (Å²) in [6.45, 7) is 0. The molecule has 0 unspecified atom stereocenters. The smallest absolute Gasteiger partial charge is 0.0964 e. The van der Waals surface area contributed by atoms with E-state index in [0.29, 0.717) is 0 Å². The van der Waals surface area contributed by atoms with Gasteiger partial charge in [-0.05, 0) is 108 Å². The predicted octanol–water partition coefficient (Wildman–Crippen LogP) is 15.8. The van der Waals surface area contributed by atoms with Crippen LogP contribution in [0.3, 0.4) is 0 Å². The first kappa shape index (κ1) is 38.8. The highest BCUT2D eigenvalue weighted by molar-refractivity contribution is 6.13. The van der Waals surface area contributed by atoms with Gasteiger partial charge in [0.05, 0.1) is 55.7 Å². The second-order valence-corrected chi connectivity index (χ2v) is 17.7. The largest absolute Gasteiger partial charge is 0.309 e. The third-order valence-electron chi connectivity index (χ3n) is 13.7. The van der Waals surface area contributed by atoms with Crippen LogP contribution >= 0.6 is 0 Å². The van der Waals surface area contributed by atoms with Gasteiger partial charge in [0.2, 0.25) is 0 Å². The van der Waals surface area contributed by atoms with Crippen LogP contribution in [0.2, 0.25) is 0 Å². The molecule has 0 saturated carbocycles. The molecule has 0 saturated heterocycles. The fourth-order valence-electron chi connectivity index (χ4n) is 10.6. The van der Waals surface area contributed by atoms with Gasteiger partial charge in [-0.2, -0.15) is 0 Å². The minimum absolute atomic E-state index is 0.933. The third-order valence-corrected chi connectivity index (χ3v) is 13.7. The van der Waals surface area contributed by atoms with Gasteiger partial charge in [-0.25, -0.2) is 4.98 Å². The molecule has 8 aromatic carbocycles. The summed E-state index contributed by atoms with van der Waals surface area (Å²) >= 11 is 0. The fourth-order valence-corrected chi connectivity index (χ4v) is 10.6. The summed E-state index contributed by atoms with van der Waals surface area (Å²) in [4.78, 5) is 14.9. The molecule has 322 valence electrons. The Morgan fingerprint density at radius 3 is 1.36 bits per heavy atom. The van der Waals surface area contributed by atoms with Gasteiger partial charge < -0.3 is 13.7 Å². The lowest BCUT2D eigenvalue weighted by atomic mass is 9.99. The number of fused-ring (bicyclic) bond motifs is 9. The number of pyridine rings is 3. The number of hydrogen-bond acceptors (Lipinski definition) is 3. The van der Waals surface area contributed by atoms with E-state index in [1.165, 1.54) is 21.5 Å². The van der Waals surface area contributed by atoms with Crippen molar-refractivity contribution in [2.45, 2.75) is 0 Å². The zero-order chi connectivity index (χ0) is 45.4. The van der Waals surface area contributed by atoms with Crippen LogP contribution in [0.1, 0.15) is 0 Å². The number of aromatic nitrogens is 6. The summed E-state index contributed by atoms with van der Waals surface area (Å²) < 4.78 is 7.08. The Balaban J connectivity index is 0.871. The van der Waals surface area contributed by atoms with E-state index in [2.05, 4.69) is 220 Å². The van der Waals surface area contributed by atoms with Crippen molar-refractivity contribution in [1.82, 2.24) is 28.7 Å². The van der Waals surface area contributed by atoms with Crippen molar-refractivity contribution in [2.24, 2.45) is 0 Å². The average molecular weight is 881 g/mol. The third kappa shape index (κ3) is 6.30. The molecule has 0 bridgehead atoms. The maximum atomic E-state index is 5.18. The molecule has 0 aliphatic carbocycles. The topological polar surface area (TPSA) is 53.5 Å². The molecule has 0 spiro atoms. The predicted molar refractivity (Wildman–Crippen MR) is 285 cm³/mol. The molecule has 0 aliphatic heterocycles. The highest BCUT2D eigenvalue weighted by Crippen LogP contribution is 2.40. The van der Waals surface area contributed by atoms with Crippen molar-refractivity contribution in [3.05, 3.63) is 243 Å². The molecule has 0 fully saturated rings. The lowest BCUT2D eigenvalue weighted by molar-refractivity contribution is 1.16. The summed E-state index contributed by atoms with van der Waals surface area (Å²) in [6, 6.07) is 80.1. The Labute approximate surface area is 397 Å². The van der Waals surface area contributed by atoms with E-state index in [0.717, 1.165) is 106 Å². The van der Waals surface area contributed by atoms with E-state index in [-0.39, 0.29) is 0 Å². The Morgan fingerprint density at radius 2 is 0.754 bits per heavy atom. The summed E-state index contributed by atoms with van der Waals surface area (Å²) in [5, 5.41) is 5.88. The molecule has 0 aliphatic rings. The lowest BCUT2D eigenvalue weighted by Crippen LogP contribution is -1.98. The Hall–Kier alpha value is -9.39. The summed E-state index contributed by atoms with van der Waals surface area (Å²) in [5.74, 6) is 0. The van der Waals surface area contributed by atoms with Crippen LogP contribution in [0, 0.1) is 0 Å². The highest BCUT2D eigenvalue weighted by atomic mass is 15.0. The van der Waals surface area contributed by atoms with Crippen LogP contribution in [0.25, 0.3) is 127 Å². The molecule has 0 amide bonds. The zero-order valence-electron chi connectivity index (χ0n) is 37.3. The molecule has 6 nitrogen and oxygen atoms in total. The first-order valence-electron chi connectivity index (χ1n) is 23.3. The Kier molecular flexibility index (Phi) is 8.79. The average Bonchev–Trinajstić information content (AvgIpc) is 4.06. The van der Waals surface area contributed by atoms with Gasteiger partial charge in [0.15, 0.2) is 0 Å². The van der Waals surface area contributed by atoms with Crippen molar-refractivity contribution in [1.29, 1.82) is 0 Å². The van der Waals surface area contributed by atoms with E-state index < -0.39 is 0 Å². The van der Waals surface area contributed by atoms with Crippen molar-refractivity contribution in [3.8, 4) is 61.8 Å². The van der Waals surface area contributed by atoms with Crippen molar-refractivity contribution in [3.63, 3.8) is 0 Å². The van der Waals surface area contributed by atoms with E-state index in [4.69, 9.17) is 15.0 Å². The number of nitrogens with zero attached hydrogens (tertiary/aromatic N) is 6. The maximum absolute atomic E-state index is 5.18. The van der Waals surface area contributed by atoms with Crippen LogP contribution in [0.5, 0.6) is 0 Å². The van der Waals surface area contributed by atoms with Crippen LogP contribution in [-0.2, 0) is 0 Å². The van der Waals surface area contributed by atoms with Crippen LogP contribution in [0.4, 0.5) is 0 Å². The van der Waals surface area contributed by atoms with Gasteiger partial charge in [-0.15, -0.1) is 0 Å². The van der Waals surface area contributed by atoms with Gasteiger partial charge in [0.25, 0.3) is 0 Å². The summed E-state index contributed by atoms with van der Waals surface area (Å²) in [7, 11) is 0. The lowest BCUT2D eigenvalue weighted by Gasteiger charge is -2.13. The van der Waals surface area contributed by atoms with Crippen molar-refractivity contribution in [2.75, 3.05) is 0 Å². The Bertz CT molecular complexity index is 4240. The summed E-state index contributed by atoms with van der Waals surface area (Å²) in [5.41, 5.74) is 19.4. The van der Waals surface area contributed by atoms with Crippen LogP contribution in [-0.4, -0.2) is 28.7 Å². The fraction of sp³-hybridized carbons (Fsp3) is 0. The molecule has 6 aromatic heterocycles. The zero-order valence-corrected chi connectivity index (χ0v) is 37.3. The normalized spacial score (nSPS) is 11.8. The van der Waals surface area contributed by atoms with Gasteiger partial charge in [-0.1, -0.05) is 127 Å². The second-order valence-electron chi connectivity index (χ2n) is 17.7. The molecule has 69 heavy (non-hydrogen) atoms. The molecule has 14 rings (SSSR count). The van der Waals surface area contributed by atoms with E-state index in [1.807, 2.05) is 36.8 Å². The molecule has 14 aromatic rings. The Morgan fingerprint density at radius 1 is 0.275 bits per heavy atom. The van der Waals surface area contributed by atoms with E-state index >= 15 is 0 Å². The first-order chi connectivity index (χ1) is 34.2. The second kappa shape index (κ2) is 15.6. The maximum Gasteiger partial charge on any atom is 0.0964 e.